The normalized spacial score (nSPS) is 16.7. The fraction of sp³-hybridized carbons (Fsp3) is 0.625. The molecule has 1 atom stereocenters. The quantitative estimate of drug-likeness (QED) is 0.809. The zero-order valence-electron chi connectivity index (χ0n) is 11.8. The van der Waals surface area contributed by atoms with Crippen LogP contribution in [-0.2, 0) is 12.8 Å². The van der Waals surface area contributed by atoms with Gasteiger partial charge in [-0.25, -0.2) is 0 Å². The molecule has 0 radical (unpaired) electrons. The average molecular weight is 263 g/mol. The first-order valence-corrected chi connectivity index (χ1v) is 8.01. The van der Waals surface area contributed by atoms with E-state index in [9.17, 15) is 0 Å². The first-order chi connectivity index (χ1) is 8.70. The number of hydrogen-bond donors (Lipinski definition) is 1. The lowest BCUT2D eigenvalue weighted by molar-refractivity contribution is 0.578. The van der Waals surface area contributed by atoms with Crippen molar-refractivity contribution in [3.63, 3.8) is 0 Å². The predicted octanol–water partition coefficient (Wildman–Crippen LogP) is 3.90. The minimum atomic E-state index is 0.664. The third-order valence-electron chi connectivity index (χ3n) is 3.76. The fourth-order valence-electron chi connectivity index (χ4n) is 2.57. The van der Waals surface area contributed by atoms with Crippen molar-refractivity contribution in [2.45, 2.75) is 49.7 Å². The molecule has 2 heteroatoms. The number of hydrogen-bond acceptors (Lipinski definition) is 2. The Morgan fingerprint density at radius 3 is 2.56 bits per heavy atom. The largest absolute Gasteiger partial charge is 0.319 e. The van der Waals surface area contributed by atoms with Gasteiger partial charge in [0.15, 0.2) is 0 Å². The summed E-state index contributed by atoms with van der Waals surface area (Å²) in [4.78, 5) is 1.45. The molecule has 1 nitrogen and oxygen atoms in total. The van der Waals surface area contributed by atoms with Gasteiger partial charge < -0.3 is 5.32 Å². The summed E-state index contributed by atoms with van der Waals surface area (Å²) in [6.07, 6.45) is 5.30. The Morgan fingerprint density at radius 2 is 1.89 bits per heavy atom. The van der Waals surface area contributed by atoms with E-state index < -0.39 is 0 Å². The molecule has 0 saturated heterocycles. The van der Waals surface area contributed by atoms with E-state index in [1.807, 2.05) is 18.8 Å². The Bertz CT molecular complexity index is 387. The van der Waals surface area contributed by atoms with E-state index in [0.29, 0.717) is 11.2 Å². The third-order valence-corrected chi connectivity index (χ3v) is 5.30. The maximum atomic E-state index is 3.31. The van der Waals surface area contributed by atoms with Crippen molar-refractivity contribution < 1.29 is 0 Å². The van der Waals surface area contributed by atoms with Gasteiger partial charge in [0.1, 0.15) is 0 Å². The Morgan fingerprint density at radius 1 is 1.17 bits per heavy atom. The van der Waals surface area contributed by atoms with Gasteiger partial charge in [-0.3, -0.25) is 0 Å². The lowest BCUT2D eigenvalue weighted by Gasteiger charge is -2.22. The molecule has 0 heterocycles. The fourth-order valence-corrected chi connectivity index (χ4v) is 3.80. The summed E-state index contributed by atoms with van der Waals surface area (Å²) in [5, 5.41) is 3.97. The van der Waals surface area contributed by atoms with Gasteiger partial charge in [-0.05, 0) is 61.9 Å². The van der Waals surface area contributed by atoms with Gasteiger partial charge >= 0.3 is 0 Å². The van der Waals surface area contributed by atoms with Crippen LogP contribution in [0.3, 0.4) is 0 Å². The van der Waals surface area contributed by atoms with Gasteiger partial charge in [0, 0.05) is 16.7 Å². The van der Waals surface area contributed by atoms with Crippen LogP contribution in [0.2, 0.25) is 0 Å². The maximum absolute atomic E-state index is 3.31. The van der Waals surface area contributed by atoms with Gasteiger partial charge in [0.25, 0.3) is 0 Å². The van der Waals surface area contributed by atoms with Gasteiger partial charge in [0.2, 0.25) is 0 Å². The summed E-state index contributed by atoms with van der Waals surface area (Å²) in [7, 11) is 2.04. The predicted molar refractivity (Wildman–Crippen MR) is 81.5 cm³/mol. The topological polar surface area (TPSA) is 12.0 Å². The highest BCUT2D eigenvalue weighted by atomic mass is 32.2. The molecule has 0 aliphatic heterocycles. The molecule has 0 saturated carbocycles. The average Bonchev–Trinajstić information content (AvgIpc) is 2.38. The molecule has 18 heavy (non-hydrogen) atoms. The molecule has 0 amide bonds. The van der Waals surface area contributed by atoms with Gasteiger partial charge in [-0.15, -0.1) is 11.8 Å². The lowest BCUT2D eigenvalue weighted by Crippen LogP contribution is -2.25. The molecule has 1 aliphatic rings. The Hall–Kier alpha value is -0.470. The molecule has 0 aromatic heterocycles. The highest BCUT2D eigenvalue weighted by Crippen LogP contribution is 2.31. The van der Waals surface area contributed by atoms with E-state index in [4.69, 9.17) is 0 Å². The highest BCUT2D eigenvalue weighted by Gasteiger charge is 2.15. The van der Waals surface area contributed by atoms with Crippen molar-refractivity contribution in [2.24, 2.45) is 5.92 Å². The van der Waals surface area contributed by atoms with Crippen LogP contribution >= 0.6 is 11.8 Å². The van der Waals surface area contributed by atoms with E-state index in [1.165, 1.54) is 30.6 Å². The number of nitrogens with one attached hydrogen (secondary N) is 1. The lowest BCUT2D eigenvalue weighted by atomic mass is 9.92. The van der Waals surface area contributed by atoms with Crippen molar-refractivity contribution in [3.8, 4) is 0 Å². The van der Waals surface area contributed by atoms with Crippen LogP contribution in [0.15, 0.2) is 23.1 Å². The summed E-state index contributed by atoms with van der Waals surface area (Å²) in [5.74, 6) is 0.707. The zero-order valence-corrected chi connectivity index (χ0v) is 12.6. The van der Waals surface area contributed by atoms with E-state index in [0.717, 1.165) is 6.54 Å². The molecule has 0 bridgehead atoms. The number of aryl methyl sites for hydroxylation is 2. The summed E-state index contributed by atoms with van der Waals surface area (Å²) < 4.78 is 0. The number of benzene rings is 1. The SMILES string of the molecule is CNCC(Sc1ccc2c(c1)CCCC2)C(C)C. The second kappa shape index (κ2) is 6.63. The number of thioether (sulfide) groups is 1. The van der Waals surface area contributed by atoms with Crippen LogP contribution < -0.4 is 5.32 Å². The monoisotopic (exact) mass is 263 g/mol. The van der Waals surface area contributed by atoms with Gasteiger partial charge in [-0.2, -0.15) is 0 Å². The molecule has 1 unspecified atom stereocenters. The molecule has 1 aliphatic carbocycles. The smallest absolute Gasteiger partial charge is 0.0242 e. The van der Waals surface area contributed by atoms with Crippen molar-refractivity contribution in [2.75, 3.05) is 13.6 Å². The number of rotatable bonds is 5. The second-order valence-corrected chi connectivity index (χ2v) is 6.91. The second-order valence-electron chi connectivity index (χ2n) is 5.60. The molecule has 1 aromatic carbocycles. The highest BCUT2D eigenvalue weighted by molar-refractivity contribution is 8.00. The van der Waals surface area contributed by atoms with Crippen LogP contribution in [0.1, 0.15) is 37.8 Å². The minimum absolute atomic E-state index is 0.664. The molecular weight excluding hydrogens is 238 g/mol. The molecule has 100 valence electrons. The van der Waals surface area contributed by atoms with Crippen molar-refractivity contribution in [3.05, 3.63) is 29.3 Å². The van der Waals surface area contributed by atoms with Crippen LogP contribution in [0.5, 0.6) is 0 Å². The van der Waals surface area contributed by atoms with Gasteiger partial charge in [-0.1, -0.05) is 19.9 Å². The zero-order chi connectivity index (χ0) is 13.0. The van der Waals surface area contributed by atoms with Crippen LogP contribution in [0.25, 0.3) is 0 Å². The van der Waals surface area contributed by atoms with Crippen molar-refractivity contribution >= 4 is 11.8 Å². The summed E-state index contributed by atoms with van der Waals surface area (Å²) in [6, 6.07) is 7.11. The van der Waals surface area contributed by atoms with Crippen LogP contribution in [0, 0.1) is 5.92 Å². The molecular formula is C16H25NS. The minimum Gasteiger partial charge on any atom is -0.319 e. The molecule has 1 N–H and O–H groups in total. The third kappa shape index (κ3) is 3.52. The molecule has 2 rings (SSSR count). The Labute approximate surface area is 116 Å². The summed E-state index contributed by atoms with van der Waals surface area (Å²) in [5.41, 5.74) is 3.18. The molecule has 0 spiro atoms. The Kier molecular flexibility index (Phi) is 5.13. The first-order valence-electron chi connectivity index (χ1n) is 7.13. The molecule has 0 fully saturated rings. The molecule has 1 aromatic rings. The summed E-state index contributed by atoms with van der Waals surface area (Å²) in [6.45, 7) is 5.71. The maximum Gasteiger partial charge on any atom is 0.0242 e. The summed E-state index contributed by atoms with van der Waals surface area (Å²) >= 11 is 2.03. The van der Waals surface area contributed by atoms with E-state index in [1.54, 1.807) is 11.1 Å². The van der Waals surface area contributed by atoms with E-state index >= 15 is 0 Å². The van der Waals surface area contributed by atoms with Gasteiger partial charge in [0.05, 0.1) is 0 Å². The van der Waals surface area contributed by atoms with E-state index in [-0.39, 0.29) is 0 Å². The standard InChI is InChI=1S/C16H25NS/c1-12(2)16(11-17-3)18-15-9-8-13-6-4-5-7-14(13)10-15/h8-10,12,16-17H,4-7,11H2,1-3H3. The van der Waals surface area contributed by atoms with Crippen LogP contribution in [0.4, 0.5) is 0 Å². The van der Waals surface area contributed by atoms with Crippen molar-refractivity contribution in [1.82, 2.24) is 5.32 Å². The first kappa shape index (κ1) is 14.0. The number of fused-ring (bicyclic) bond motifs is 1. The van der Waals surface area contributed by atoms with Crippen molar-refractivity contribution in [1.29, 1.82) is 0 Å². The van der Waals surface area contributed by atoms with E-state index in [2.05, 4.69) is 37.4 Å². The van der Waals surface area contributed by atoms with Crippen LogP contribution in [-0.4, -0.2) is 18.8 Å². The Balaban J connectivity index is 2.08.